The number of rotatable bonds is 3. The number of sulfonamides is 1. The maximum Gasteiger partial charge on any atom is 0.242 e. The van der Waals surface area contributed by atoms with Gasteiger partial charge in [0.25, 0.3) is 0 Å². The lowest BCUT2D eigenvalue weighted by atomic mass is 10.2. The zero-order chi connectivity index (χ0) is 14.1. The van der Waals surface area contributed by atoms with Crippen molar-refractivity contribution < 1.29 is 16.8 Å². The lowest BCUT2D eigenvalue weighted by Crippen LogP contribution is -2.43. The molecule has 0 spiro atoms. The molecular formula is C10H13ClN2O4S2. The summed E-state index contributed by atoms with van der Waals surface area (Å²) in [6.07, 6.45) is 2.12. The van der Waals surface area contributed by atoms with Crippen molar-refractivity contribution in [1.82, 2.24) is 9.71 Å². The quantitative estimate of drug-likeness (QED) is 0.821. The van der Waals surface area contributed by atoms with Gasteiger partial charge >= 0.3 is 0 Å². The SMILES string of the molecule is O=S1(=O)CCCC(NS(=O)(=O)c2ccc(Cl)nc2)C1. The molecule has 2 heterocycles. The molecule has 1 atom stereocenters. The molecule has 1 fully saturated rings. The van der Waals surface area contributed by atoms with E-state index in [1.807, 2.05) is 0 Å². The Labute approximate surface area is 117 Å². The van der Waals surface area contributed by atoms with Gasteiger partial charge < -0.3 is 0 Å². The molecule has 0 amide bonds. The number of pyridine rings is 1. The van der Waals surface area contributed by atoms with Crippen LogP contribution in [0.3, 0.4) is 0 Å². The molecule has 0 aromatic carbocycles. The first-order valence-corrected chi connectivity index (χ1v) is 9.31. The lowest BCUT2D eigenvalue weighted by Gasteiger charge is -2.22. The second-order valence-corrected chi connectivity index (χ2v) is 8.72. The van der Waals surface area contributed by atoms with Crippen molar-refractivity contribution in [2.75, 3.05) is 11.5 Å². The van der Waals surface area contributed by atoms with Crippen LogP contribution in [0.15, 0.2) is 23.2 Å². The van der Waals surface area contributed by atoms with Gasteiger partial charge in [-0.2, -0.15) is 0 Å². The van der Waals surface area contributed by atoms with Gasteiger partial charge in [0.1, 0.15) is 10.0 Å². The molecule has 1 aromatic heterocycles. The maximum atomic E-state index is 12.0. The smallest absolute Gasteiger partial charge is 0.242 e. The normalized spacial score (nSPS) is 23.1. The van der Waals surface area contributed by atoms with E-state index in [2.05, 4.69) is 9.71 Å². The molecule has 0 aliphatic carbocycles. The molecule has 1 N–H and O–H groups in total. The number of nitrogens with one attached hydrogen (secondary N) is 1. The number of hydrogen-bond donors (Lipinski definition) is 1. The van der Waals surface area contributed by atoms with Crippen LogP contribution in [0.25, 0.3) is 0 Å². The monoisotopic (exact) mass is 324 g/mol. The zero-order valence-corrected chi connectivity index (χ0v) is 12.3. The summed E-state index contributed by atoms with van der Waals surface area (Å²) in [4.78, 5) is 3.67. The average molecular weight is 325 g/mol. The van der Waals surface area contributed by atoms with Gasteiger partial charge in [0, 0.05) is 12.2 Å². The van der Waals surface area contributed by atoms with E-state index in [0.717, 1.165) is 6.20 Å². The molecule has 0 saturated carbocycles. The Kier molecular flexibility index (Phi) is 4.14. The zero-order valence-electron chi connectivity index (χ0n) is 9.91. The second-order valence-electron chi connectivity index (χ2n) is 4.39. The van der Waals surface area contributed by atoms with Crippen molar-refractivity contribution in [1.29, 1.82) is 0 Å². The first-order chi connectivity index (χ1) is 8.78. The van der Waals surface area contributed by atoms with Crippen LogP contribution in [-0.4, -0.2) is 39.4 Å². The number of aromatic nitrogens is 1. The van der Waals surface area contributed by atoms with Crippen LogP contribution in [0.2, 0.25) is 5.15 Å². The van der Waals surface area contributed by atoms with E-state index < -0.39 is 25.9 Å². The summed E-state index contributed by atoms with van der Waals surface area (Å²) in [5.41, 5.74) is 0. The van der Waals surface area contributed by atoms with Crippen LogP contribution < -0.4 is 4.72 Å². The number of sulfone groups is 1. The standard InChI is InChI=1S/C10H13ClN2O4S2/c11-10-4-3-9(6-12-10)19(16,17)13-8-2-1-5-18(14,15)7-8/h3-4,6,8,13H,1-2,5,7H2. The van der Waals surface area contributed by atoms with E-state index in [-0.39, 0.29) is 21.6 Å². The summed E-state index contributed by atoms with van der Waals surface area (Å²) >= 11 is 5.59. The molecule has 6 nitrogen and oxygen atoms in total. The molecule has 1 unspecified atom stereocenters. The van der Waals surface area contributed by atoms with Crippen LogP contribution in [0, 0.1) is 0 Å². The fourth-order valence-corrected chi connectivity index (χ4v) is 4.99. The Morgan fingerprint density at radius 1 is 1.37 bits per heavy atom. The van der Waals surface area contributed by atoms with Gasteiger partial charge in [-0.05, 0) is 25.0 Å². The predicted octanol–water partition coefficient (Wildman–Crippen LogP) is 0.590. The Morgan fingerprint density at radius 3 is 2.68 bits per heavy atom. The molecule has 2 rings (SSSR count). The molecule has 1 saturated heterocycles. The van der Waals surface area contributed by atoms with Crippen LogP contribution in [0.4, 0.5) is 0 Å². The van der Waals surface area contributed by atoms with E-state index in [1.165, 1.54) is 12.1 Å². The minimum atomic E-state index is -3.76. The number of hydrogen-bond acceptors (Lipinski definition) is 5. The maximum absolute atomic E-state index is 12.0. The van der Waals surface area contributed by atoms with E-state index in [9.17, 15) is 16.8 Å². The molecule has 9 heteroatoms. The van der Waals surface area contributed by atoms with Crippen molar-refractivity contribution in [3.8, 4) is 0 Å². The highest BCUT2D eigenvalue weighted by atomic mass is 35.5. The first kappa shape index (κ1) is 14.7. The van der Waals surface area contributed by atoms with Gasteiger partial charge in [-0.3, -0.25) is 0 Å². The summed E-state index contributed by atoms with van der Waals surface area (Å²) in [5, 5.41) is 0.194. The Hall–Kier alpha value is -0.700. The molecule has 0 radical (unpaired) electrons. The van der Waals surface area contributed by atoms with Crippen LogP contribution in [0.5, 0.6) is 0 Å². The van der Waals surface area contributed by atoms with Gasteiger partial charge in [0.05, 0.1) is 11.5 Å². The Morgan fingerprint density at radius 2 is 2.11 bits per heavy atom. The summed E-state index contributed by atoms with van der Waals surface area (Å²) < 4.78 is 49.4. The summed E-state index contributed by atoms with van der Waals surface area (Å²) in [6.45, 7) is 0. The summed E-state index contributed by atoms with van der Waals surface area (Å²) in [6, 6.07) is 2.11. The first-order valence-electron chi connectivity index (χ1n) is 5.63. The van der Waals surface area contributed by atoms with Crippen molar-refractivity contribution in [3.63, 3.8) is 0 Å². The second kappa shape index (κ2) is 5.35. The Bertz CT molecular complexity index is 655. The highest BCUT2D eigenvalue weighted by Gasteiger charge is 2.28. The third-order valence-corrected chi connectivity index (χ3v) is 6.35. The molecule has 106 valence electrons. The van der Waals surface area contributed by atoms with Crippen molar-refractivity contribution in [2.24, 2.45) is 0 Å². The van der Waals surface area contributed by atoms with Crippen LogP contribution in [-0.2, 0) is 19.9 Å². The molecule has 0 bridgehead atoms. The minimum absolute atomic E-state index is 0.0279. The fourth-order valence-electron chi connectivity index (χ4n) is 1.92. The lowest BCUT2D eigenvalue weighted by molar-refractivity contribution is 0.517. The van der Waals surface area contributed by atoms with Gasteiger partial charge in [0.15, 0.2) is 9.84 Å². The Balaban J connectivity index is 2.15. The fraction of sp³-hybridized carbons (Fsp3) is 0.500. The van der Waals surface area contributed by atoms with Crippen LogP contribution >= 0.6 is 11.6 Å². The third kappa shape index (κ3) is 3.88. The molecule has 19 heavy (non-hydrogen) atoms. The highest BCUT2D eigenvalue weighted by Crippen LogP contribution is 2.16. The average Bonchev–Trinajstić information content (AvgIpc) is 2.27. The number of halogens is 1. The van der Waals surface area contributed by atoms with Crippen LogP contribution in [0.1, 0.15) is 12.8 Å². The predicted molar refractivity (Wildman–Crippen MR) is 71.2 cm³/mol. The van der Waals surface area contributed by atoms with E-state index in [0.29, 0.717) is 12.8 Å². The van der Waals surface area contributed by atoms with Gasteiger partial charge in [0.2, 0.25) is 10.0 Å². The van der Waals surface area contributed by atoms with Crippen molar-refractivity contribution in [2.45, 2.75) is 23.8 Å². The van der Waals surface area contributed by atoms with Gasteiger partial charge in [-0.1, -0.05) is 11.6 Å². The summed E-state index contributed by atoms with van der Waals surface area (Å²) in [7, 11) is -6.92. The topological polar surface area (TPSA) is 93.2 Å². The molecule has 1 aromatic rings. The van der Waals surface area contributed by atoms with Gasteiger partial charge in [-0.15, -0.1) is 0 Å². The van der Waals surface area contributed by atoms with Gasteiger partial charge in [-0.25, -0.2) is 26.5 Å². The minimum Gasteiger partial charge on any atom is -0.243 e. The third-order valence-electron chi connectivity index (χ3n) is 2.80. The largest absolute Gasteiger partial charge is 0.243 e. The van der Waals surface area contributed by atoms with Crippen molar-refractivity contribution in [3.05, 3.63) is 23.5 Å². The molecule has 1 aliphatic rings. The van der Waals surface area contributed by atoms with E-state index in [1.54, 1.807) is 0 Å². The van der Waals surface area contributed by atoms with E-state index >= 15 is 0 Å². The van der Waals surface area contributed by atoms with E-state index in [4.69, 9.17) is 11.6 Å². The number of nitrogens with zero attached hydrogens (tertiary/aromatic N) is 1. The van der Waals surface area contributed by atoms with Crippen molar-refractivity contribution >= 4 is 31.5 Å². The molecular weight excluding hydrogens is 312 g/mol. The highest BCUT2D eigenvalue weighted by molar-refractivity contribution is 7.91. The molecule has 1 aliphatic heterocycles. The summed E-state index contributed by atoms with van der Waals surface area (Å²) in [5.74, 6) is -0.0407.